The van der Waals surface area contributed by atoms with Crippen molar-refractivity contribution in [3.63, 3.8) is 0 Å². The van der Waals surface area contributed by atoms with Gasteiger partial charge >= 0.3 is 5.97 Å². The number of hydrogen-bond donors (Lipinski definition) is 0. The lowest BCUT2D eigenvalue weighted by atomic mass is 10.3. The van der Waals surface area contributed by atoms with Crippen molar-refractivity contribution < 1.29 is 14.3 Å². The van der Waals surface area contributed by atoms with Gasteiger partial charge in [-0.05, 0) is 23.6 Å². The molecule has 130 valence electrons. The van der Waals surface area contributed by atoms with Crippen LogP contribution in [-0.4, -0.2) is 59.5 Å². The van der Waals surface area contributed by atoms with Gasteiger partial charge in [-0.2, -0.15) is 0 Å². The van der Waals surface area contributed by atoms with Crippen LogP contribution >= 0.6 is 11.3 Å². The summed E-state index contributed by atoms with van der Waals surface area (Å²) < 4.78 is 5.02. The average molecular weight is 358 g/mol. The average Bonchev–Trinajstić information content (AvgIpc) is 3.19. The molecule has 0 bridgehead atoms. The summed E-state index contributed by atoms with van der Waals surface area (Å²) >= 11 is 1.53. The number of rotatable bonds is 5. The van der Waals surface area contributed by atoms with Crippen LogP contribution in [0.25, 0.3) is 6.08 Å². The molecule has 3 heterocycles. The Morgan fingerprint density at radius 2 is 1.92 bits per heavy atom. The Bertz CT molecular complexity index is 726. The number of hydrogen-bond acceptors (Lipinski definition) is 7. The molecule has 0 atom stereocenters. The van der Waals surface area contributed by atoms with Gasteiger partial charge in [0.25, 0.3) is 5.91 Å². The first-order valence-electron chi connectivity index (χ1n) is 7.90. The first-order valence-corrected chi connectivity index (χ1v) is 8.78. The van der Waals surface area contributed by atoms with E-state index in [2.05, 4.69) is 9.97 Å². The van der Waals surface area contributed by atoms with Crippen molar-refractivity contribution >= 4 is 35.2 Å². The van der Waals surface area contributed by atoms with E-state index in [1.807, 2.05) is 22.4 Å². The van der Waals surface area contributed by atoms with Crippen LogP contribution in [0.3, 0.4) is 0 Å². The van der Waals surface area contributed by atoms with E-state index < -0.39 is 5.97 Å². The van der Waals surface area contributed by atoms with Crippen molar-refractivity contribution in [1.29, 1.82) is 0 Å². The number of aromatic nitrogens is 2. The fourth-order valence-corrected chi connectivity index (χ4v) is 3.04. The molecule has 0 unspecified atom stereocenters. The van der Waals surface area contributed by atoms with E-state index in [4.69, 9.17) is 4.74 Å². The fourth-order valence-electron chi connectivity index (χ4n) is 2.42. The van der Waals surface area contributed by atoms with Crippen LogP contribution in [0.15, 0.2) is 42.0 Å². The zero-order valence-corrected chi connectivity index (χ0v) is 14.4. The molecule has 2 aromatic rings. The first kappa shape index (κ1) is 17.1. The maximum atomic E-state index is 12.2. The molecule has 0 aliphatic carbocycles. The van der Waals surface area contributed by atoms with Crippen molar-refractivity contribution in [3.8, 4) is 0 Å². The van der Waals surface area contributed by atoms with Gasteiger partial charge in [0, 0.05) is 49.5 Å². The van der Waals surface area contributed by atoms with E-state index in [9.17, 15) is 9.59 Å². The predicted octanol–water partition coefficient (Wildman–Crippen LogP) is 1.44. The number of carbonyl (C=O) groups is 2. The summed E-state index contributed by atoms with van der Waals surface area (Å²) in [4.78, 5) is 36.9. The Balaban J connectivity index is 1.41. The second kappa shape index (κ2) is 8.39. The molecule has 0 spiro atoms. The molecule has 2 aromatic heterocycles. The topological polar surface area (TPSA) is 75.6 Å². The van der Waals surface area contributed by atoms with Crippen LogP contribution in [0.5, 0.6) is 0 Å². The summed E-state index contributed by atoms with van der Waals surface area (Å²) in [5.41, 5.74) is 0. The molecule has 1 saturated heterocycles. The number of nitrogens with zero attached hydrogens (tertiary/aromatic N) is 4. The SMILES string of the molecule is O=C(/C=C/c1cccs1)OCC(=O)N1CCN(c2ncccn2)CC1. The summed E-state index contributed by atoms with van der Waals surface area (Å²) in [5.74, 6) is -0.0377. The minimum absolute atomic E-state index is 0.188. The van der Waals surface area contributed by atoms with Gasteiger partial charge in [-0.15, -0.1) is 11.3 Å². The predicted molar refractivity (Wildman–Crippen MR) is 95.1 cm³/mol. The second-order valence-corrected chi connectivity index (χ2v) is 6.35. The molecule has 0 N–H and O–H groups in total. The van der Waals surface area contributed by atoms with Crippen molar-refractivity contribution in [2.75, 3.05) is 37.7 Å². The molecule has 1 fully saturated rings. The highest BCUT2D eigenvalue weighted by Crippen LogP contribution is 2.11. The van der Waals surface area contributed by atoms with Crippen LogP contribution in [0.2, 0.25) is 0 Å². The van der Waals surface area contributed by atoms with Crippen molar-refractivity contribution in [2.24, 2.45) is 0 Å². The Morgan fingerprint density at radius 1 is 1.16 bits per heavy atom. The quantitative estimate of drug-likeness (QED) is 0.595. The lowest BCUT2D eigenvalue weighted by molar-refractivity contribution is -0.148. The maximum Gasteiger partial charge on any atom is 0.331 e. The van der Waals surface area contributed by atoms with Crippen molar-refractivity contribution in [2.45, 2.75) is 0 Å². The Morgan fingerprint density at radius 3 is 2.60 bits per heavy atom. The van der Waals surface area contributed by atoms with E-state index in [-0.39, 0.29) is 12.5 Å². The monoisotopic (exact) mass is 358 g/mol. The third-order valence-electron chi connectivity index (χ3n) is 3.73. The van der Waals surface area contributed by atoms with Gasteiger partial charge in [0.2, 0.25) is 5.95 Å². The van der Waals surface area contributed by atoms with Gasteiger partial charge in [-0.1, -0.05) is 6.07 Å². The molecular weight excluding hydrogens is 340 g/mol. The smallest absolute Gasteiger partial charge is 0.331 e. The molecule has 7 nitrogen and oxygen atoms in total. The van der Waals surface area contributed by atoms with E-state index in [0.717, 1.165) is 4.88 Å². The van der Waals surface area contributed by atoms with Gasteiger partial charge in [0.1, 0.15) is 0 Å². The van der Waals surface area contributed by atoms with Gasteiger partial charge < -0.3 is 14.5 Å². The summed E-state index contributed by atoms with van der Waals surface area (Å²) in [7, 11) is 0. The highest BCUT2D eigenvalue weighted by atomic mass is 32.1. The van der Waals surface area contributed by atoms with Gasteiger partial charge in [-0.3, -0.25) is 4.79 Å². The Labute approximate surface area is 149 Å². The lowest BCUT2D eigenvalue weighted by Crippen LogP contribution is -2.50. The highest BCUT2D eigenvalue weighted by Gasteiger charge is 2.22. The van der Waals surface area contributed by atoms with Gasteiger partial charge in [-0.25, -0.2) is 14.8 Å². The normalized spacial score (nSPS) is 14.7. The maximum absolute atomic E-state index is 12.2. The first-order chi connectivity index (χ1) is 12.2. The van der Waals surface area contributed by atoms with E-state index in [1.54, 1.807) is 29.4 Å². The number of piperazine rings is 1. The van der Waals surface area contributed by atoms with Gasteiger partial charge in [0.05, 0.1) is 0 Å². The molecule has 8 heteroatoms. The summed E-state index contributed by atoms with van der Waals surface area (Å²) in [6.07, 6.45) is 6.41. The molecule has 3 rings (SSSR count). The van der Waals surface area contributed by atoms with Crippen LogP contribution in [0.1, 0.15) is 4.88 Å². The van der Waals surface area contributed by atoms with Crippen molar-refractivity contribution in [3.05, 3.63) is 46.9 Å². The second-order valence-electron chi connectivity index (χ2n) is 5.37. The highest BCUT2D eigenvalue weighted by molar-refractivity contribution is 7.10. The van der Waals surface area contributed by atoms with Crippen LogP contribution in [-0.2, 0) is 14.3 Å². The van der Waals surface area contributed by atoms with Crippen LogP contribution < -0.4 is 4.90 Å². The third-order valence-corrected chi connectivity index (χ3v) is 4.57. The molecule has 0 aromatic carbocycles. The van der Waals surface area contributed by atoms with Crippen LogP contribution in [0.4, 0.5) is 5.95 Å². The molecule has 0 radical (unpaired) electrons. The molecule has 25 heavy (non-hydrogen) atoms. The van der Waals surface area contributed by atoms with E-state index in [0.29, 0.717) is 32.1 Å². The zero-order chi connectivity index (χ0) is 17.5. The summed E-state index contributed by atoms with van der Waals surface area (Å²) in [6.45, 7) is 2.18. The molecular formula is C17H18N4O3S. The Kier molecular flexibility index (Phi) is 5.73. The molecule has 1 aliphatic heterocycles. The fraction of sp³-hybridized carbons (Fsp3) is 0.294. The lowest BCUT2D eigenvalue weighted by Gasteiger charge is -2.34. The number of esters is 1. The zero-order valence-electron chi connectivity index (χ0n) is 13.6. The molecule has 1 amide bonds. The number of ether oxygens (including phenoxy) is 1. The Hall–Kier alpha value is -2.74. The van der Waals surface area contributed by atoms with Crippen molar-refractivity contribution in [1.82, 2.24) is 14.9 Å². The molecule has 0 saturated carbocycles. The summed E-state index contributed by atoms with van der Waals surface area (Å²) in [6, 6.07) is 5.57. The van der Waals surface area contributed by atoms with E-state index in [1.165, 1.54) is 17.4 Å². The summed E-state index contributed by atoms with van der Waals surface area (Å²) in [5, 5.41) is 1.93. The number of amides is 1. The van der Waals surface area contributed by atoms with Gasteiger partial charge in [0.15, 0.2) is 6.61 Å². The number of thiophene rings is 1. The van der Waals surface area contributed by atoms with E-state index >= 15 is 0 Å². The minimum Gasteiger partial charge on any atom is -0.452 e. The minimum atomic E-state index is -0.516. The van der Waals surface area contributed by atoms with Crippen LogP contribution in [0, 0.1) is 0 Å². The molecule has 1 aliphatic rings. The standard InChI is InChI=1S/C17H18N4O3S/c22-15(13-24-16(23)5-4-14-3-1-12-25-14)20-8-10-21(11-9-20)17-18-6-2-7-19-17/h1-7,12H,8-11,13H2/b5-4+. The third kappa shape index (κ3) is 4.87. The largest absolute Gasteiger partial charge is 0.452 e. The number of anilines is 1. The number of carbonyl (C=O) groups excluding carboxylic acids is 2.